The molecule has 0 saturated heterocycles. The van der Waals surface area contributed by atoms with Crippen LogP contribution in [-0.2, 0) is 6.42 Å². The minimum Gasteiger partial charge on any atom is -0.319 e. The van der Waals surface area contributed by atoms with Gasteiger partial charge in [-0.2, -0.15) is 0 Å². The van der Waals surface area contributed by atoms with Crippen LogP contribution in [0, 0.1) is 10.8 Å². The minimum absolute atomic E-state index is 0.368. The van der Waals surface area contributed by atoms with Crippen molar-refractivity contribution in [2.75, 3.05) is 13.6 Å². The Labute approximate surface area is 102 Å². The smallest absolute Gasteiger partial charge is 0.121 e. The molecular weight excluding hydrogens is 218 g/mol. The molecule has 0 aromatic carbocycles. The van der Waals surface area contributed by atoms with Gasteiger partial charge >= 0.3 is 0 Å². The molecule has 1 heterocycles. The number of hydrogen-bond donors (Lipinski definition) is 1. The van der Waals surface area contributed by atoms with E-state index in [-0.39, 0.29) is 0 Å². The molecule has 0 spiro atoms. The van der Waals surface area contributed by atoms with E-state index < -0.39 is 0 Å². The van der Waals surface area contributed by atoms with E-state index in [1.165, 1.54) is 5.01 Å². The molecule has 16 heavy (non-hydrogen) atoms. The number of nitrogens with zero attached hydrogens (tertiary/aromatic N) is 2. The van der Waals surface area contributed by atoms with Crippen molar-refractivity contribution in [3.05, 3.63) is 10.0 Å². The van der Waals surface area contributed by atoms with E-state index in [2.05, 4.69) is 43.2 Å². The molecule has 1 fully saturated rings. The Kier molecular flexibility index (Phi) is 2.83. The number of hydrogen-bond acceptors (Lipinski definition) is 4. The summed E-state index contributed by atoms with van der Waals surface area (Å²) in [6, 6.07) is 0. The van der Waals surface area contributed by atoms with Gasteiger partial charge in [0.25, 0.3) is 0 Å². The van der Waals surface area contributed by atoms with Crippen LogP contribution in [-0.4, -0.2) is 23.8 Å². The number of aromatic nitrogens is 2. The predicted octanol–water partition coefficient (Wildman–Crippen LogP) is 2.45. The largest absolute Gasteiger partial charge is 0.319 e. The van der Waals surface area contributed by atoms with Crippen LogP contribution in [0.15, 0.2) is 0 Å². The van der Waals surface area contributed by atoms with Crippen LogP contribution < -0.4 is 5.32 Å². The average Bonchev–Trinajstić information content (AvgIpc) is 2.56. The Hall–Kier alpha value is -0.480. The molecule has 1 aliphatic carbocycles. The maximum Gasteiger partial charge on any atom is 0.121 e. The minimum atomic E-state index is 0.368. The lowest BCUT2D eigenvalue weighted by Gasteiger charge is -2.03. The standard InChI is InChI=1S/C12H21N3S/c1-11(2)9(12(11,3)4)10-15-14-8(16-10)6-7-13-5/h9,13H,6-7H2,1-5H3. The monoisotopic (exact) mass is 239 g/mol. The summed E-state index contributed by atoms with van der Waals surface area (Å²) < 4.78 is 0. The molecule has 2 rings (SSSR count). The SMILES string of the molecule is CNCCc1nnc(C2C(C)(C)C2(C)C)s1. The first-order chi connectivity index (χ1) is 7.41. The van der Waals surface area contributed by atoms with Gasteiger partial charge < -0.3 is 5.32 Å². The van der Waals surface area contributed by atoms with Gasteiger partial charge in [-0.15, -0.1) is 21.5 Å². The van der Waals surface area contributed by atoms with Crippen LogP contribution >= 0.6 is 11.3 Å². The normalized spacial score (nSPS) is 22.3. The predicted molar refractivity (Wildman–Crippen MR) is 67.8 cm³/mol. The zero-order valence-corrected chi connectivity index (χ0v) is 11.6. The van der Waals surface area contributed by atoms with Gasteiger partial charge in [-0.1, -0.05) is 27.7 Å². The van der Waals surface area contributed by atoms with E-state index in [1.807, 2.05) is 7.05 Å². The third kappa shape index (κ3) is 1.68. The lowest BCUT2D eigenvalue weighted by atomic mass is 10.0. The fourth-order valence-electron chi connectivity index (χ4n) is 2.53. The summed E-state index contributed by atoms with van der Waals surface area (Å²) in [5.41, 5.74) is 0.736. The van der Waals surface area contributed by atoms with E-state index >= 15 is 0 Å². The van der Waals surface area contributed by atoms with Crippen LogP contribution in [0.3, 0.4) is 0 Å². The molecule has 1 N–H and O–H groups in total. The summed E-state index contributed by atoms with van der Waals surface area (Å²) in [4.78, 5) is 0. The molecule has 0 amide bonds. The highest BCUT2D eigenvalue weighted by Gasteiger charge is 2.66. The average molecular weight is 239 g/mol. The molecule has 1 aromatic rings. The van der Waals surface area contributed by atoms with Crippen molar-refractivity contribution in [1.82, 2.24) is 15.5 Å². The van der Waals surface area contributed by atoms with Gasteiger partial charge in [0.1, 0.15) is 10.0 Å². The highest BCUT2D eigenvalue weighted by molar-refractivity contribution is 7.11. The van der Waals surface area contributed by atoms with Crippen molar-refractivity contribution in [2.45, 2.75) is 40.0 Å². The first-order valence-electron chi connectivity index (χ1n) is 5.88. The number of likely N-dealkylation sites (N-methyl/N-ethyl adjacent to an activating group) is 1. The summed E-state index contributed by atoms with van der Waals surface area (Å²) >= 11 is 1.79. The Morgan fingerprint density at radius 3 is 2.31 bits per heavy atom. The highest BCUT2D eigenvalue weighted by Crippen LogP contribution is 2.73. The molecule has 0 aliphatic heterocycles. The molecule has 1 aliphatic rings. The molecule has 4 heteroatoms. The van der Waals surface area contributed by atoms with Gasteiger partial charge in [0.2, 0.25) is 0 Å². The van der Waals surface area contributed by atoms with Crippen LogP contribution in [0.2, 0.25) is 0 Å². The van der Waals surface area contributed by atoms with E-state index in [1.54, 1.807) is 11.3 Å². The fourth-order valence-corrected chi connectivity index (χ4v) is 3.85. The Morgan fingerprint density at radius 1 is 1.19 bits per heavy atom. The van der Waals surface area contributed by atoms with Gasteiger partial charge in [-0.25, -0.2) is 0 Å². The van der Waals surface area contributed by atoms with E-state index in [0.717, 1.165) is 18.0 Å². The molecule has 3 nitrogen and oxygen atoms in total. The molecule has 0 radical (unpaired) electrons. The molecule has 1 saturated carbocycles. The third-order valence-corrected chi connectivity index (χ3v) is 5.39. The maximum atomic E-state index is 4.36. The van der Waals surface area contributed by atoms with Crippen molar-refractivity contribution in [2.24, 2.45) is 10.8 Å². The molecule has 90 valence electrons. The van der Waals surface area contributed by atoms with Crippen molar-refractivity contribution < 1.29 is 0 Å². The number of nitrogens with one attached hydrogen (secondary N) is 1. The van der Waals surface area contributed by atoms with Crippen LogP contribution in [0.25, 0.3) is 0 Å². The molecule has 1 aromatic heterocycles. The Bertz CT molecular complexity index is 367. The van der Waals surface area contributed by atoms with Crippen LogP contribution in [0.4, 0.5) is 0 Å². The quantitative estimate of drug-likeness (QED) is 0.877. The zero-order valence-electron chi connectivity index (χ0n) is 10.8. The zero-order chi connectivity index (χ0) is 12.0. The lowest BCUT2D eigenvalue weighted by molar-refractivity contribution is 0.457. The van der Waals surface area contributed by atoms with Gasteiger partial charge in [0, 0.05) is 18.9 Å². The maximum absolute atomic E-state index is 4.36. The van der Waals surface area contributed by atoms with Crippen LogP contribution in [0.5, 0.6) is 0 Å². The molecule has 0 bridgehead atoms. The second-order valence-corrected chi connectivity index (χ2v) is 6.86. The first kappa shape index (κ1) is 12.0. The molecular formula is C12H21N3S. The molecule has 0 atom stereocenters. The third-order valence-electron chi connectivity index (χ3n) is 4.34. The summed E-state index contributed by atoms with van der Waals surface area (Å²) in [6.45, 7) is 10.3. The van der Waals surface area contributed by atoms with Gasteiger partial charge in [0.15, 0.2) is 0 Å². The van der Waals surface area contributed by atoms with Crippen molar-refractivity contribution in [3.8, 4) is 0 Å². The summed E-state index contributed by atoms with van der Waals surface area (Å²) in [5.74, 6) is 0.584. The lowest BCUT2D eigenvalue weighted by Crippen LogP contribution is -2.09. The Balaban J connectivity index is 2.10. The van der Waals surface area contributed by atoms with E-state index in [0.29, 0.717) is 16.7 Å². The van der Waals surface area contributed by atoms with Crippen LogP contribution in [0.1, 0.15) is 43.6 Å². The second-order valence-electron chi connectivity index (χ2n) is 5.76. The molecule has 0 unspecified atom stereocenters. The fraction of sp³-hybridized carbons (Fsp3) is 0.833. The number of rotatable bonds is 4. The van der Waals surface area contributed by atoms with Crippen molar-refractivity contribution in [1.29, 1.82) is 0 Å². The second kappa shape index (κ2) is 3.77. The van der Waals surface area contributed by atoms with E-state index in [4.69, 9.17) is 0 Å². The Morgan fingerprint density at radius 2 is 1.81 bits per heavy atom. The summed E-state index contributed by atoms with van der Waals surface area (Å²) in [5, 5.41) is 14.2. The van der Waals surface area contributed by atoms with Gasteiger partial charge in [0.05, 0.1) is 0 Å². The topological polar surface area (TPSA) is 37.8 Å². The van der Waals surface area contributed by atoms with Gasteiger partial charge in [-0.05, 0) is 17.9 Å². The summed E-state index contributed by atoms with van der Waals surface area (Å²) in [7, 11) is 1.97. The van der Waals surface area contributed by atoms with E-state index in [9.17, 15) is 0 Å². The van der Waals surface area contributed by atoms with Crippen molar-refractivity contribution >= 4 is 11.3 Å². The van der Waals surface area contributed by atoms with Gasteiger partial charge in [-0.3, -0.25) is 0 Å². The highest BCUT2D eigenvalue weighted by atomic mass is 32.1. The van der Waals surface area contributed by atoms with Crippen molar-refractivity contribution in [3.63, 3.8) is 0 Å². The first-order valence-corrected chi connectivity index (χ1v) is 6.70. The summed E-state index contributed by atoms with van der Waals surface area (Å²) in [6.07, 6.45) is 0.988.